The number of ether oxygens (including phenoxy) is 1. The van der Waals surface area contributed by atoms with Crippen molar-refractivity contribution in [3.8, 4) is 5.75 Å². The highest BCUT2D eigenvalue weighted by atomic mass is 35.5. The summed E-state index contributed by atoms with van der Waals surface area (Å²) in [6, 6.07) is 12.6. The van der Waals surface area contributed by atoms with Crippen LogP contribution in [-0.4, -0.2) is 42.4 Å². The topological polar surface area (TPSA) is 101 Å². The molecule has 0 unspecified atom stereocenters. The Hall–Kier alpha value is -2.34. The summed E-state index contributed by atoms with van der Waals surface area (Å²) in [7, 11) is -3.95. The van der Waals surface area contributed by atoms with E-state index in [1.807, 2.05) is 13.8 Å². The molecular formula is C20H19ClN4O4S3. The summed E-state index contributed by atoms with van der Waals surface area (Å²) in [6.07, 6.45) is -1.07. The summed E-state index contributed by atoms with van der Waals surface area (Å²) < 4.78 is 34.5. The van der Waals surface area contributed by atoms with Crippen LogP contribution in [0.1, 0.15) is 13.8 Å². The van der Waals surface area contributed by atoms with Crippen LogP contribution in [0, 0.1) is 0 Å². The van der Waals surface area contributed by atoms with Gasteiger partial charge in [0, 0.05) is 10.3 Å². The Morgan fingerprint density at radius 1 is 1.22 bits per heavy atom. The molecule has 0 fully saturated rings. The number of amides is 1. The first-order chi connectivity index (χ1) is 15.2. The third-order valence-corrected chi connectivity index (χ3v) is 8.37. The fraction of sp³-hybridized carbons (Fsp3) is 0.250. The van der Waals surface area contributed by atoms with Crippen LogP contribution < -0.4 is 14.4 Å². The van der Waals surface area contributed by atoms with Crippen molar-refractivity contribution < 1.29 is 17.9 Å². The van der Waals surface area contributed by atoms with Gasteiger partial charge < -0.3 is 4.74 Å². The summed E-state index contributed by atoms with van der Waals surface area (Å²) in [5.41, 5.74) is 0.359. The Bertz CT molecular complexity index is 1230. The fourth-order valence-corrected chi connectivity index (χ4v) is 6.58. The van der Waals surface area contributed by atoms with Crippen LogP contribution in [0.15, 0.2) is 57.8 Å². The Balaban J connectivity index is 1.60. The molecule has 1 aromatic heterocycles. The number of aromatic nitrogens is 2. The monoisotopic (exact) mass is 510 g/mol. The highest BCUT2D eigenvalue weighted by molar-refractivity contribution is 8.01. The number of benzene rings is 2. The average Bonchev–Trinajstić information content (AvgIpc) is 3.19. The van der Waals surface area contributed by atoms with Crippen LogP contribution in [0.4, 0.5) is 10.8 Å². The molecule has 4 rings (SSSR count). The fourth-order valence-electron chi connectivity index (χ4n) is 3.00. The van der Waals surface area contributed by atoms with Crippen molar-refractivity contribution in [1.82, 2.24) is 10.2 Å². The van der Waals surface area contributed by atoms with Crippen molar-refractivity contribution in [2.45, 2.75) is 34.4 Å². The third-order valence-electron chi connectivity index (χ3n) is 4.40. The van der Waals surface area contributed by atoms with Crippen molar-refractivity contribution in [3.63, 3.8) is 0 Å². The van der Waals surface area contributed by atoms with Gasteiger partial charge in [-0.05, 0) is 36.4 Å². The molecule has 12 heteroatoms. The molecule has 1 amide bonds. The van der Waals surface area contributed by atoms with Crippen molar-refractivity contribution in [3.05, 3.63) is 53.6 Å². The molecule has 32 heavy (non-hydrogen) atoms. The summed E-state index contributed by atoms with van der Waals surface area (Å²) in [4.78, 5) is 13.0. The Morgan fingerprint density at radius 2 is 1.94 bits per heavy atom. The summed E-state index contributed by atoms with van der Waals surface area (Å²) in [5.74, 6) is -0.210. The molecule has 1 N–H and O–H groups in total. The number of nitrogens with one attached hydrogen (secondary N) is 1. The van der Waals surface area contributed by atoms with Crippen LogP contribution in [0.5, 0.6) is 5.75 Å². The van der Waals surface area contributed by atoms with E-state index in [1.165, 1.54) is 39.9 Å². The van der Waals surface area contributed by atoms with Gasteiger partial charge in [-0.25, -0.2) is 8.42 Å². The molecule has 1 aliphatic rings. The largest absolute Gasteiger partial charge is 0.476 e. The average molecular weight is 511 g/mol. The van der Waals surface area contributed by atoms with Gasteiger partial charge in [-0.2, -0.15) is 0 Å². The second kappa shape index (κ2) is 9.26. The van der Waals surface area contributed by atoms with Crippen LogP contribution in [-0.2, 0) is 14.8 Å². The first-order valence-electron chi connectivity index (χ1n) is 9.59. The highest BCUT2D eigenvalue weighted by Gasteiger charge is 2.37. The maximum atomic E-state index is 13.4. The number of fused-ring (bicyclic) bond motifs is 1. The molecule has 0 saturated carbocycles. The second-order valence-corrected chi connectivity index (χ2v) is 12.2. The van der Waals surface area contributed by atoms with E-state index in [2.05, 4.69) is 15.5 Å². The molecule has 0 aliphatic carbocycles. The lowest BCUT2D eigenvalue weighted by molar-refractivity contribution is -0.122. The number of sulfonamides is 1. The number of carbonyl (C=O) groups is 1. The van der Waals surface area contributed by atoms with Gasteiger partial charge in [0.1, 0.15) is 5.75 Å². The quantitative estimate of drug-likeness (QED) is 0.390. The van der Waals surface area contributed by atoms with Crippen molar-refractivity contribution in [2.24, 2.45) is 0 Å². The van der Waals surface area contributed by atoms with Gasteiger partial charge in [-0.1, -0.05) is 60.7 Å². The normalized spacial score (nSPS) is 15.9. The van der Waals surface area contributed by atoms with Crippen LogP contribution in [0.3, 0.4) is 0 Å². The molecule has 0 radical (unpaired) electrons. The summed E-state index contributed by atoms with van der Waals surface area (Å²) in [6.45, 7) is 3.88. The lowest BCUT2D eigenvalue weighted by Gasteiger charge is -2.34. The van der Waals surface area contributed by atoms with Crippen LogP contribution >= 0.6 is 34.7 Å². The molecule has 0 saturated heterocycles. The standard InChI is InChI=1S/C20H19ClN4O4S3/c1-12(2)30-20-24-23-19(31-20)22-18(26)17-11-25(15-5-3-4-6-16(15)29-17)32(27,28)14-9-7-13(21)8-10-14/h3-10,12,17H,11H2,1-2H3,(H,22,23,26)/t17-/m1/s1. The van der Waals surface area contributed by atoms with E-state index in [4.69, 9.17) is 16.3 Å². The number of para-hydroxylation sites is 2. The van der Waals surface area contributed by atoms with E-state index in [1.54, 1.807) is 36.0 Å². The molecule has 2 heterocycles. The zero-order valence-electron chi connectivity index (χ0n) is 17.1. The molecule has 2 aromatic carbocycles. The Kier molecular flexibility index (Phi) is 6.61. The van der Waals surface area contributed by atoms with E-state index in [0.29, 0.717) is 26.8 Å². The van der Waals surface area contributed by atoms with Gasteiger partial charge in [0.25, 0.3) is 15.9 Å². The predicted molar refractivity (Wildman–Crippen MR) is 126 cm³/mol. The molecule has 3 aromatic rings. The number of carbonyl (C=O) groups excluding carboxylic acids is 1. The number of rotatable bonds is 6. The van der Waals surface area contributed by atoms with Crippen LogP contribution in [0.2, 0.25) is 5.02 Å². The number of hydrogen-bond donors (Lipinski definition) is 1. The van der Waals surface area contributed by atoms with Crippen molar-refractivity contribution in [2.75, 3.05) is 16.2 Å². The molecule has 8 nitrogen and oxygen atoms in total. The Morgan fingerprint density at radius 3 is 2.66 bits per heavy atom. The van der Waals surface area contributed by atoms with E-state index >= 15 is 0 Å². The number of nitrogens with zero attached hydrogens (tertiary/aromatic N) is 3. The van der Waals surface area contributed by atoms with Crippen LogP contribution in [0.25, 0.3) is 0 Å². The second-order valence-electron chi connectivity index (χ2n) is 7.09. The van der Waals surface area contributed by atoms with Crippen molar-refractivity contribution in [1.29, 1.82) is 0 Å². The van der Waals surface area contributed by atoms with Gasteiger partial charge in [-0.15, -0.1) is 10.2 Å². The minimum atomic E-state index is -3.95. The maximum absolute atomic E-state index is 13.4. The number of halogens is 1. The van der Waals surface area contributed by atoms with E-state index in [0.717, 1.165) is 4.34 Å². The molecule has 1 aliphatic heterocycles. The summed E-state index contributed by atoms with van der Waals surface area (Å²) in [5, 5.41) is 11.8. The molecule has 168 valence electrons. The van der Waals surface area contributed by atoms with Gasteiger partial charge in [-0.3, -0.25) is 14.4 Å². The Labute approximate surface area is 199 Å². The van der Waals surface area contributed by atoms with Gasteiger partial charge in [0.05, 0.1) is 17.1 Å². The zero-order chi connectivity index (χ0) is 22.9. The van der Waals surface area contributed by atoms with E-state index in [9.17, 15) is 13.2 Å². The molecule has 0 spiro atoms. The number of thioether (sulfide) groups is 1. The minimum absolute atomic E-state index is 0.0669. The number of anilines is 2. The minimum Gasteiger partial charge on any atom is -0.476 e. The van der Waals surface area contributed by atoms with E-state index in [-0.39, 0.29) is 11.4 Å². The zero-order valence-corrected chi connectivity index (χ0v) is 20.3. The highest BCUT2D eigenvalue weighted by Crippen LogP contribution is 2.37. The summed E-state index contributed by atoms with van der Waals surface area (Å²) >= 11 is 8.70. The lowest BCUT2D eigenvalue weighted by atomic mass is 10.2. The first kappa shape index (κ1) is 22.8. The predicted octanol–water partition coefficient (Wildman–Crippen LogP) is 4.29. The smallest absolute Gasteiger partial charge is 0.269 e. The van der Waals surface area contributed by atoms with Crippen molar-refractivity contribution >= 4 is 61.4 Å². The molecule has 0 bridgehead atoms. The first-order valence-corrected chi connectivity index (χ1v) is 13.1. The SMILES string of the molecule is CC(C)Sc1nnc(NC(=O)[C@H]2CN(S(=O)(=O)c3ccc(Cl)cc3)c3ccccc3O2)s1. The van der Waals surface area contributed by atoms with E-state index < -0.39 is 22.0 Å². The third kappa shape index (κ3) is 4.85. The van der Waals surface area contributed by atoms with Gasteiger partial charge in [0.15, 0.2) is 10.4 Å². The van der Waals surface area contributed by atoms with Gasteiger partial charge >= 0.3 is 0 Å². The maximum Gasteiger partial charge on any atom is 0.269 e. The number of hydrogen-bond acceptors (Lipinski definition) is 8. The lowest BCUT2D eigenvalue weighted by Crippen LogP contribution is -2.48. The molecule has 1 atom stereocenters. The van der Waals surface area contributed by atoms with Gasteiger partial charge in [0.2, 0.25) is 5.13 Å². The molecular weight excluding hydrogens is 492 g/mol.